The topological polar surface area (TPSA) is 38.3 Å². The largest absolute Gasteiger partial charge is 0.450 e. The van der Waals surface area contributed by atoms with Crippen molar-refractivity contribution in [3.63, 3.8) is 0 Å². The molecule has 1 aromatic rings. The fourth-order valence-corrected chi connectivity index (χ4v) is 1.27. The lowest BCUT2D eigenvalue weighted by molar-refractivity contribution is 0.152. The van der Waals surface area contributed by atoms with Crippen molar-refractivity contribution in [2.75, 3.05) is 13.2 Å². The second kappa shape index (κ2) is 6.30. The maximum Gasteiger partial charge on any atom is 0.407 e. The zero-order valence-corrected chi connectivity index (χ0v) is 9.38. The Balaban J connectivity index is 2.26. The first kappa shape index (κ1) is 11.9. The van der Waals surface area contributed by atoms with Gasteiger partial charge < -0.3 is 10.1 Å². The quantitative estimate of drug-likeness (QED) is 0.859. The van der Waals surface area contributed by atoms with Gasteiger partial charge in [0.2, 0.25) is 0 Å². The summed E-state index contributed by atoms with van der Waals surface area (Å²) in [7, 11) is 0. The lowest BCUT2D eigenvalue weighted by atomic mass is 10.1. The third-order valence-electron chi connectivity index (χ3n) is 1.87. The van der Waals surface area contributed by atoms with Gasteiger partial charge in [0, 0.05) is 11.6 Å². The molecule has 0 aliphatic heterocycles. The second-order valence-electron chi connectivity index (χ2n) is 3.02. The zero-order chi connectivity index (χ0) is 11.1. The molecule has 1 rings (SSSR count). The van der Waals surface area contributed by atoms with Gasteiger partial charge in [-0.25, -0.2) is 4.79 Å². The molecule has 1 aromatic carbocycles. The van der Waals surface area contributed by atoms with Crippen LogP contribution in [0, 0.1) is 0 Å². The number of rotatable bonds is 4. The summed E-state index contributed by atoms with van der Waals surface area (Å²) in [6.45, 7) is 2.74. The van der Waals surface area contributed by atoms with E-state index in [4.69, 9.17) is 16.3 Å². The second-order valence-corrected chi connectivity index (χ2v) is 3.46. The van der Waals surface area contributed by atoms with Gasteiger partial charge in [-0.05, 0) is 31.0 Å². The van der Waals surface area contributed by atoms with E-state index >= 15 is 0 Å². The minimum atomic E-state index is -0.369. The Morgan fingerprint density at radius 1 is 1.40 bits per heavy atom. The van der Waals surface area contributed by atoms with Crippen LogP contribution < -0.4 is 5.32 Å². The van der Waals surface area contributed by atoms with E-state index in [1.807, 2.05) is 24.3 Å². The average Bonchev–Trinajstić information content (AvgIpc) is 2.21. The lowest BCUT2D eigenvalue weighted by Gasteiger charge is -2.05. The van der Waals surface area contributed by atoms with Crippen LogP contribution >= 0.6 is 11.6 Å². The minimum absolute atomic E-state index is 0.369. The van der Waals surface area contributed by atoms with Gasteiger partial charge in [-0.3, -0.25) is 0 Å². The maximum atomic E-state index is 10.9. The lowest BCUT2D eigenvalue weighted by Crippen LogP contribution is -2.26. The van der Waals surface area contributed by atoms with Crippen LogP contribution in [0.4, 0.5) is 4.79 Å². The van der Waals surface area contributed by atoms with Crippen LogP contribution in [0.25, 0.3) is 0 Å². The monoisotopic (exact) mass is 227 g/mol. The predicted molar refractivity (Wildman–Crippen MR) is 60.2 cm³/mol. The van der Waals surface area contributed by atoms with Crippen molar-refractivity contribution in [2.24, 2.45) is 0 Å². The average molecular weight is 228 g/mol. The standard InChI is InChI=1S/C11H14ClNO2/c1-2-15-11(14)13-8-7-9-3-5-10(12)6-4-9/h3-6H,2,7-8H2,1H3,(H,13,14). The molecule has 0 radical (unpaired) electrons. The van der Waals surface area contributed by atoms with E-state index in [-0.39, 0.29) is 6.09 Å². The van der Waals surface area contributed by atoms with Crippen molar-refractivity contribution in [1.82, 2.24) is 5.32 Å². The van der Waals surface area contributed by atoms with Gasteiger partial charge in [-0.2, -0.15) is 0 Å². The Morgan fingerprint density at radius 2 is 2.07 bits per heavy atom. The number of hydrogen-bond donors (Lipinski definition) is 1. The van der Waals surface area contributed by atoms with Gasteiger partial charge in [0.1, 0.15) is 0 Å². The van der Waals surface area contributed by atoms with Crippen LogP contribution in [0.15, 0.2) is 24.3 Å². The van der Waals surface area contributed by atoms with Crippen molar-refractivity contribution in [2.45, 2.75) is 13.3 Å². The zero-order valence-electron chi connectivity index (χ0n) is 8.63. The molecule has 0 saturated heterocycles. The first-order chi connectivity index (χ1) is 7.22. The van der Waals surface area contributed by atoms with Gasteiger partial charge in [0.15, 0.2) is 0 Å². The van der Waals surface area contributed by atoms with Crippen molar-refractivity contribution in [1.29, 1.82) is 0 Å². The predicted octanol–water partition coefficient (Wildman–Crippen LogP) is 2.63. The molecular weight excluding hydrogens is 214 g/mol. The normalized spacial score (nSPS) is 9.73. The highest BCUT2D eigenvalue weighted by Gasteiger charge is 1.99. The van der Waals surface area contributed by atoms with E-state index in [2.05, 4.69) is 5.32 Å². The maximum absolute atomic E-state index is 10.9. The highest BCUT2D eigenvalue weighted by molar-refractivity contribution is 6.30. The Bertz CT molecular complexity index is 311. The van der Waals surface area contributed by atoms with Crippen LogP contribution in [-0.4, -0.2) is 19.2 Å². The summed E-state index contributed by atoms with van der Waals surface area (Å²) in [5, 5.41) is 3.37. The first-order valence-corrected chi connectivity index (χ1v) is 5.25. The van der Waals surface area contributed by atoms with E-state index in [0.29, 0.717) is 13.2 Å². The van der Waals surface area contributed by atoms with E-state index < -0.39 is 0 Å². The van der Waals surface area contributed by atoms with Crippen molar-refractivity contribution in [3.05, 3.63) is 34.9 Å². The van der Waals surface area contributed by atoms with Crippen molar-refractivity contribution >= 4 is 17.7 Å². The number of ether oxygens (including phenoxy) is 1. The molecule has 0 spiro atoms. The molecule has 0 aliphatic carbocycles. The van der Waals surface area contributed by atoms with Crippen molar-refractivity contribution < 1.29 is 9.53 Å². The van der Waals surface area contributed by atoms with E-state index in [1.54, 1.807) is 6.92 Å². The summed E-state index contributed by atoms with van der Waals surface area (Å²) < 4.78 is 4.73. The third kappa shape index (κ3) is 4.70. The van der Waals surface area contributed by atoms with Crippen LogP contribution in [-0.2, 0) is 11.2 Å². The van der Waals surface area contributed by atoms with Gasteiger partial charge in [0.05, 0.1) is 6.61 Å². The number of alkyl carbamates (subject to hydrolysis) is 1. The fourth-order valence-electron chi connectivity index (χ4n) is 1.14. The Morgan fingerprint density at radius 3 is 2.67 bits per heavy atom. The summed E-state index contributed by atoms with van der Waals surface area (Å²) >= 11 is 5.75. The number of benzene rings is 1. The van der Waals surface area contributed by atoms with Crippen LogP contribution in [0.1, 0.15) is 12.5 Å². The molecule has 0 atom stereocenters. The molecular formula is C11H14ClNO2. The minimum Gasteiger partial charge on any atom is -0.450 e. The molecule has 15 heavy (non-hydrogen) atoms. The molecule has 0 saturated carbocycles. The number of carbonyl (C=O) groups is 1. The molecule has 0 bridgehead atoms. The SMILES string of the molecule is CCOC(=O)NCCc1ccc(Cl)cc1. The Kier molecular flexibility index (Phi) is 4.98. The van der Waals surface area contributed by atoms with Gasteiger partial charge >= 0.3 is 6.09 Å². The summed E-state index contributed by atoms with van der Waals surface area (Å²) in [4.78, 5) is 10.9. The van der Waals surface area contributed by atoms with Gasteiger partial charge in [-0.15, -0.1) is 0 Å². The molecule has 1 N–H and O–H groups in total. The molecule has 82 valence electrons. The number of carbonyl (C=O) groups excluding carboxylic acids is 1. The van der Waals surface area contributed by atoms with E-state index in [9.17, 15) is 4.79 Å². The highest BCUT2D eigenvalue weighted by atomic mass is 35.5. The number of halogens is 1. The van der Waals surface area contributed by atoms with E-state index in [0.717, 1.165) is 17.0 Å². The summed E-state index contributed by atoms with van der Waals surface area (Å²) in [6, 6.07) is 7.55. The molecule has 0 heterocycles. The molecule has 0 aliphatic rings. The Hall–Kier alpha value is -1.22. The molecule has 4 heteroatoms. The summed E-state index contributed by atoms with van der Waals surface area (Å²) in [6.07, 6.45) is 0.405. The molecule has 1 amide bonds. The smallest absolute Gasteiger partial charge is 0.407 e. The van der Waals surface area contributed by atoms with Gasteiger partial charge in [-0.1, -0.05) is 23.7 Å². The van der Waals surface area contributed by atoms with Crippen LogP contribution in [0.3, 0.4) is 0 Å². The number of hydrogen-bond acceptors (Lipinski definition) is 2. The Labute approximate surface area is 94.4 Å². The van der Waals surface area contributed by atoms with Gasteiger partial charge in [0.25, 0.3) is 0 Å². The first-order valence-electron chi connectivity index (χ1n) is 4.87. The fraction of sp³-hybridized carbons (Fsp3) is 0.364. The van der Waals surface area contributed by atoms with Crippen molar-refractivity contribution in [3.8, 4) is 0 Å². The van der Waals surface area contributed by atoms with Crippen LogP contribution in [0.5, 0.6) is 0 Å². The highest BCUT2D eigenvalue weighted by Crippen LogP contribution is 2.09. The molecule has 0 fully saturated rings. The molecule has 0 aromatic heterocycles. The van der Waals surface area contributed by atoms with Crippen LogP contribution in [0.2, 0.25) is 5.02 Å². The number of nitrogens with one attached hydrogen (secondary N) is 1. The third-order valence-corrected chi connectivity index (χ3v) is 2.12. The van der Waals surface area contributed by atoms with E-state index in [1.165, 1.54) is 0 Å². The molecule has 3 nitrogen and oxygen atoms in total. The molecule has 0 unspecified atom stereocenters. The number of amides is 1. The summed E-state index contributed by atoms with van der Waals surface area (Å²) in [5.74, 6) is 0. The summed E-state index contributed by atoms with van der Waals surface area (Å²) in [5.41, 5.74) is 1.14.